The number of rotatable bonds is 7. The zero-order valence-electron chi connectivity index (χ0n) is 17.3. The summed E-state index contributed by atoms with van der Waals surface area (Å²) in [6, 6.07) is 14.9. The van der Waals surface area contributed by atoms with Crippen LogP contribution < -0.4 is 0 Å². The van der Waals surface area contributed by atoms with Crippen LogP contribution in [-0.4, -0.2) is 48.6 Å². The van der Waals surface area contributed by atoms with E-state index in [-0.39, 0.29) is 4.90 Å². The Bertz CT molecular complexity index is 1230. The molecule has 1 aliphatic rings. The van der Waals surface area contributed by atoms with Crippen LogP contribution in [0.2, 0.25) is 0 Å². The van der Waals surface area contributed by atoms with Gasteiger partial charge in [0.05, 0.1) is 40.8 Å². The molecule has 2 heterocycles. The fraction of sp³-hybridized carbons (Fsp3) is 0.364. The molecule has 1 aromatic heterocycles. The third kappa shape index (κ3) is 4.62. The van der Waals surface area contributed by atoms with Crippen molar-refractivity contribution in [3.63, 3.8) is 0 Å². The highest BCUT2D eigenvalue weighted by molar-refractivity contribution is 7.98. The van der Waals surface area contributed by atoms with Crippen molar-refractivity contribution in [3.8, 4) is 6.07 Å². The van der Waals surface area contributed by atoms with Gasteiger partial charge in [-0.3, -0.25) is 0 Å². The van der Waals surface area contributed by atoms with E-state index >= 15 is 0 Å². The number of hydrogen-bond donors (Lipinski definition) is 0. The molecule has 0 saturated carbocycles. The van der Waals surface area contributed by atoms with E-state index in [4.69, 9.17) is 15.0 Å². The van der Waals surface area contributed by atoms with Gasteiger partial charge in [-0.05, 0) is 42.3 Å². The fourth-order valence-corrected chi connectivity index (χ4v) is 6.02. The second-order valence-corrected chi connectivity index (χ2v) is 10.2. The number of nitriles is 1. The van der Waals surface area contributed by atoms with E-state index < -0.39 is 10.0 Å². The molecule has 2 aromatic carbocycles. The Labute approximate surface area is 186 Å². The molecule has 4 rings (SSSR count). The zero-order chi connectivity index (χ0) is 21.8. The predicted molar refractivity (Wildman–Crippen MR) is 120 cm³/mol. The summed E-state index contributed by atoms with van der Waals surface area (Å²) in [5, 5.41) is 9.96. The SMILES string of the molecule is CCCn1c(SCc2cccc(C#N)c2)nc2cc(S(=O)(=O)N3CCOCC3)ccc21. The van der Waals surface area contributed by atoms with Crippen molar-refractivity contribution in [1.29, 1.82) is 5.26 Å². The van der Waals surface area contributed by atoms with Crippen molar-refractivity contribution in [1.82, 2.24) is 13.9 Å². The second-order valence-electron chi connectivity index (χ2n) is 7.31. The Morgan fingerprint density at radius 1 is 1.19 bits per heavy atom. The third-order valence-corrected chi connectivity index (χ3v) is 8.11. The summed E-state index contributed by atoms with van der Waals surface area (Å²) in [6.45, 7) is 4.47. The topological polar surface area (TPSA) is 88.2 Å². The number of thioether (sulfide) groups is 1. The van der Waals surface area contributed by atoms with Gasteiger partial charge < -0.3 is 9.30 Å². The molecule has 9 heteroatoms. The molecule has 0 amide bonds. The van der Waals surface area contributed by atoms with E-state index in [0.29, 0.717) is 43.1 Å². The summed E-state index contributed by atoms with van der Waals surface area (Å²) in [5.74, 6) is 0.682. The first-order chi connectivity index (χ1) is 15.0. The van der Waals surface area contributed by atoms with E-state index in [1.807, 2.05) is 24.3 Å². The molecule has 0 atom stereocenters. The Balaban J connectivity index is 1.64. The van der Waals surface area contributed by atoms with Gasteiger partial charge in [-0.25, -0.2) is 13.4 Å². The van der Waals surface area contributed by atoms with Crippen LogP contribution in [0, 0.1) is 11.3 Å². The van der Waals surface area contributed by atoms with Crippen molar-refractivity contribution in [2.75, 3.05) is 26.3 Å². The number of ether oxygens (including phenoxy) is 1. The quantitative estimate of drug-likeness (QED) is 0.505. The van der Waals surface area contributed by atoms with Crippen molar-refractivity contribution in [3.05, 3.63) is 53.6 Å². The number of morpholine rings is 1. The van der Waals surface area contributed by atoms with Crippen LogP contribution in [0.15, 0.2) is 52.5 Å². The Hall–Kier alpha value is -2.38. The monoisotopic (exact) mass is 456 g/mol. The normalized spacial score (nSPS) is 15.2. The van der Waals surface area contributed by atoms with Gasteiger partial charge in [0.2, 0.25) is 10.0 Å². The van der Waals surface area contributed by atoms with Crippen LogP contribution in [0.5, 0.6) is 0 Å². The van der Waals surface area contributed by atoms with Crippen molar-refractivity contribution in [2.45, 2.75) is 35.7 Å². The van der Waals surface area contributed by atoms with Gasteiger partial charge in [0, 0.05) is 25.4 Å². The standard InChI is InChI=1S/C22H24N4O3S2/c1-2-8-26-21-7-6-19(31(27,28)25-9-11-29-12-10-25)14-20(21)24-22(26)30-16-18-5-3-4-17(13-18)15-23/h3-7,13-14H,2,8-12,16H2,1H3. The Kier molecular flexibility index (Phi) is 6.62. The van der Waals surface area contributed by atoms with Crippen LogP contribution in [0.25, 0.3) is 11.0 Å². The van der Waals surface area contributed by atoms with E-state index in [1.54, 1.807) is 30.0 Å². The summed E-state index contributed by atoms with van der Waals surface area (Å²) in [4.78, 5) is 5.03. The molecular weight excluding hydrogens is 432 g/mol. The summed E-state index contributed by atoms with van der Waals surface area (Å²) >= 11 is 1.59. The highest BCUT2D eigenvalue weighted by Gasteiger charge is 2.27. The molecule has 0 unspecified atom stereocenters. The van der Waals surface area contributed by atoms with Gasteiger partial charge in [0.15, 0.2) is 5.16 Å². The molecule has 31 heavy (non-hydrogen) atoms. The highest BCUT2D eigenvalue weighted by atomic mass is 32.2. The van der Waals surface area contributed by atoms with E-state index in [9.17, 15) is 8.42 Å². The smallest absolute Gasteiger partial charge is 0.243 e. The zero-order valence-corrected chi connectivity index (χ0v) is 19.0. The molecule has 0 radical (unpaired) electrons. The molecule has 0 aliphatic carbocycles. The lowest BCUT2D eigenvalue weighted by atomic mass is 10.2. The number of nitrogens with zero attached hydrogens (tertiary/aromatic N) is 4. The molecule has 1 saturated heterocycles. The number of aryl methyl sites for hydroxylation is 1. The molecule has 3 aromatic rings. The number of imidazole rings is 1. The van der Waals surface area contributed by atoms with Gasteiger partial charge >= 0.3 is 0 Å². The average Bonchev–Trinajstić information content (AvgIpc) is 3.15. The van der Waals surface area contributed by atoms with Gasteiger partial charge in [-0.2, -0.15) is 9.57 Å². The first kappa shape index (κ1) is 21.8. The van der Waals surface area contributed by atoms with Crippen LogP contribution >= 0.6 is 11.8 Å². The lowest BCUT2D eigenvalue weighted by molar-refractivity contribution is 0.0730. The summed E-state index contributed by atoms with van der Waals surface area (Å²) in [5.41, 5.74) is 3.29. The first-order valence-electron chi connectivity index (χ1n) is 10.2. The maximum absolute atomic E-state index is 13.0. The fourth-order valence-electron chi connectivity index (χ4n) is 3.61. The number of fused-ring (bicyclic) bond motifs is 1. The number of aromatic nitrogens is 2. The first-order valence-corrected chi connectivity index (χ1v) is 12.7. The van der Waals surface area contributed by atoms with Crippen molar-refractivity contribution < 1.29 is 13.2 Å². The Morgan fingerprint density at radius 3 is 2.74 bits per heavy atom. The van der Waals surface area contributed by atoms with E-state index in [2.05, 4.69) is 17.6 Å². The maximum Gasteiger partial charge on any atom is 0.243 e. The number of hydrogen-bond acceptors (Lipinski definition) is 6. The molecule has 1 fully saturated rings. The van der Waals surface area contributed by atoms with Crippen molar-refractivity contribution >= 4 is 32.8 Å². The summed E-state index contributed by atoms with van der Waals surface area (Å²) < 4.78 is 34.9. The molecule has 162 valence electrons. The van der Waals surface area contributed by atoms with Gasteiger partial charge in [0.25, 0.3) is 0 Å². The summed E-state index contributed by atoms with van der Waals surface area (Å²) in [7, 11) is -3.57. The maximum atomic E-state index is 13.0. The largest absolute Gasteiger partial charge is 0.379 e. The molecule has 0 N–H and O–H groups in total. The second kappa shape index (κ2) is 9.40. The molecule has 0 bridgehead atoms. The van der Waals surface area contributed by atoms with Gasteiger partial charge in [0.1, 0.15) is 0 Å². The summed E-state index contributed by atoms with van der Waals surface area (Å²) in [6.07, 6.45) is 0.941. The number of benzene rings is 2. The lowest BCUT2D eigenvalue weighted by Gasteiger charge is -2.26. The molecule has 1 aliphatic heterocycles. The minimum Gasteiger partial charge on any atom is -0.379 e. The minimum absolute atomic E-state index is 0.265. The molecule has 7 nitrogen and oxygen atoms in total. The lowest BCUT2D eigenvalue weighted by Crippen LogP contribution is -2.40. The van der Waals surface area contributed by atoms with E-state index in [0.717, 1.165) is 29.2 Å². The predicted octanol–water partition coefficient (Wildman–Crippen LogP) is 3.63. The van der Waals surface area contributed by atoms with Gasteiger partial charge in [-0.1, -0.05) is 30.8 Å². The van der Waals surface area contributed by atoms with Crippen LogP contribution in [-0.2, 0) is 27.1 Å². The van der Waals surface area contributed by atoms with Crippen LogP contribution in [0.4, 0.5) is 0 Å². The van der Waals surface area contributed by atoms with Crippen LogP contribution in [0.3, 0.4) is 0 Å². The third-order valence-electron chi connectivity index (χ3n) is 5.16. The van der Waals surface area contributed by atoms with E-state index in [1.165, 1.54) is 4.31 Å². The minimum atomic E-state index is -3.57. The van der Waals surface area contributed by atoms with Gasteiger partial charge in [-0.15, -0.1) is 0 Å². The van der Waals surface area contributed by atoms with Crippen molar-refractivity contribution in [2.24, 2.45) is 0 Å². The average molecular weight is 457 g/mol. The Morgan fingerprint density at radius 2 is 2.00 bits per heavy atom. The molecule has 0 spiro atoms. The highest BCUT2D eigenvalue weighted by Crippen LogP contribution is 2.29. The van der Waals surface area contributed by atoms with Crippen LogP contribution in [0.1, 0.15) is 24.5 Å². The molecular formula is C22H24N4O3S2. The number of sulfonamides is 1.